The molecule has 0 spiro atoms. The minimum atomic E-state index is -1.07. The van der Waals surface area contributed by atoms with Gasteiger partial charge in [0.1, 0.15) is 0 Å². The van der Waals surface area contributed by atoms with Gasteiger partial charge in [-0.05, 0) is 23.8 Å². The van der Waals surface area contributed by atoms with Gasteiger partial charge in [0.15, 0.2) is 11.6 Å². The molecular formula is C15H11F2NO. The van der Waals surface area contributed by atoms with Crippen LogP contribution in [-0.2, 0) is 4.79 Å². The maximum absolute atomic E-state index is 13.3. The fourth-order valence-corrected chi connectivity index (χ4v) is 1.51. The molecule has 0 saturated heterocycles. The van der Waals surface area contributed by atoms with Gasteiger partial charge >= 0.3 is 0 Å². The number of hydrogen-bond donors (Lipinski definition) is 1. The van der Waals surface area contributed by atoms with Gasteiger partial charge in [-0.1, -0.05) is 36.4 Å². The fraction of sp³-hybridized carbons (Fsp3) is 0. The van der Waals surface area contributed by atoms with Gasteiger partial charge in [0.25, 0.3) is 0 Å². The van der Waals surface area contributed by atoms with Crippen LogP contribution < -0.4 is 5.32 Å². The Morgan fingerprint density at radius 1 is 1.00 bits per heavy atom. The van der Waals surface area contributed by atoms with E-state index in [0.29, 0.717) is 0 Å². The predicted octanol–water partition coefficient (Wildman–Crippen LogP) is 3.62. The Hall–Kier alpha value is -2.49. The van der Waals surface area contributed by atoms with E-state index >= 15 is 0 Å². The lowest BCUT2D eigenvalue weighted by Crippen LogP contribution is -2.09. The lowest BCUT2D eigenvalue weighted by Gasteiger charge is -2.03. The van der Waals surface area contributed by atoms with E-state index < -0.39 is 17.5 Å². The highest BCUT2D eigenvalue weighted by Crippen LogP contribution is 2.16. The molecule has 2 rings (SSSR count). The highest BCUT2D eigenvalue weighted by Gasteiger charge is 2.08. The molecule has 0 unspecified atom stereocenters. The van der Waals surface area contributed by atoms with Gasteiger partial charge in [-0.2, -0.15) is 0 Å². The zero-order valence-electron chi connectivity index (χ0n) is 9.94. The first-order chi connectivity index (χ1) is 9.16. The maximum atomic E-state index is 13.3. The topological polar surface area (TPSA) is 29.1 Å². The minimum absolute atomic E-state index is 0.178. The summed E-state index contributed by atoms with van der Waals surface area (Å²) in [7, 11) is 0. The lowest BCUT2D eigenvalue weighted by molar-refractivity contribution is -0.111. The van der Waals surface area contributed by atoms with Crippen LogP contribution in [0.3, 0.4) is 0 Å². The molecule has 0 atom stereocenters. The Balaban J connectivity index is 2.06. The highest BCUT2D eigenvalue weighted by molar-refractivity contribution is 6.01. The van der Waals surface area contributed by atoms with Gasteiger partial charge in [0, 0.05) is 6.08 Å². The van der Waals surface area contributed by atoms with Gasteiger partial charge in [0.2, 0.25) is 5.91 Å². The van der Waals surface area contributed by atoms with Crippen LogP contribution in [0.5, 0.6) is 0 Å². The summed E-state index contributed by atoms with van der Waals surface area (Å²) in [6, 6.07) is 12.8. The molecule has 2 aromatic carbocycles. The second-order valence-corrected chi connectivity index (χ2v) is 3.83. The van der Waals surface area contributed by atoms with E-state index in [1.165, 1.54) is 18.2 Å². The second-order valence-electron chi connectivity index (χ2n) is 3.83. The summed E-state index contributed by atoms with van der Waals surface area (Å²) in [6.45, 7) is 0. The lowest BCUT2D eigenvalue weighted by atomic mass is 10.2. The number of halogens is 2. The Labute approximate surface area is 109 Å². The van der Waals surface area contributed by atoms with E-state index in [9.17, 15) is 13.6 Å². The standard InChI is InChI=1S/C15H11F2NO/c16-12-7-4-8-13(15(12)17)18-14(19)10-9-11-5-2-1-3-6-11/h1-10H,(H,18,19). The van der Waals surface area contributed by atoms with E-state index in [-0.39, 0.29) is 5.69 Å². The van der Waals surface area contributed by atoms with Crippen LogP contribution in [0.2, 0.25) is 0 Å². The number of carbonyl (C=O) groups excluding carboxylic acids is 1. The SMILES string of the molecule is O=C(C=Cc1ccccc1)Nc1cccc(F)c1F. The zero-order valence-corrected chi connectivity index (χ0v) is 9.94. The summed E-state index contributed by atoms with van der Waals surface area (Å²) >= 11 is 0. The van der Waals surface area contributed by atoms with E-state index in [4.69, 9.17) is 0 Å². The van der Waals surface area contributed by atoms with Gasteiger partial charge < -0.3 is 5.32 Å². The van der Waals surface area contributed by atoms with Crippen LogP contribution in [0.25, 0.3) is 6.08 Å². The Bertz CT molecular complexity index is 609. The number of nitrogens with one attached hydrogen (secondary N) is 1. The van der Waals surface area contributed by atoms with Crippen LogP contribution in [-0.4, -0.2) is 5.91 Å². The maximum Gasteiger partial charge on any atom is 0.248 e. The van der Waals surface area contributed by atoms with Crippen LogP contribution >= 0.6 is 0 Å². The van der Waals surface area contributed by atoms with Crippen molar-refractivity contribution >= 4 is 17.7 Å². The van der Waals surface area contributed by atoms with Crippen molar-refractivity contribution in [2.24, 2.45) is 0 Å². The van der Waals surface area contributed by atoms with Crippen molar-refractivity contribution in [2.75, 3.05) is 5.32 Å². The molecule has 2 nitrogen and oxygen atoms in total. The number of benzene rings is 2. The molecule has 0 saturated carbocycles. The number of anilines is 1. The zero-order chi connectivity index (χ0) is 13.7. The van der Waals surface area contributed by atoms with Gasteiger partial charge in [-0.15, -0.1) is 0 Å². The minimum Gasteiger partial charge on any atom is -0.320 e. The first-order valence-corrected chi connectivity index (χ1v) is 5.65. The second kappa shape index (κ2) is 5.91. The molecule has 0 heterocycles. The van der Waals surface area contributed by atoms with Crippen molar-refractivity contribution in [3.63, 3.8) is 0 Å². The molecule has 0 aliphatic carbocycles. The Morgan fingerprint density at radius 3 is 2.47 bits per heavy atom. The molecule has 2 aromatic rings. The number of carbonyl (C=O) groups is 1. The third-order valence-corrected chi connectivity index (χ3v) is 2.44. The average Bonchev–Trinajstić information content (AvgIpc) is 2.43. The summed E-state index contributed by atoms with van der Waals surface area (Å²) < 4.78 is 26.2. The van der Waals surface area contributed by atoms with Crippen molar-refractivity contribution in [3.8, 4) is 0 Å². The average molecular weight is 259 g/mol. The largest absolute Gasteiger partial charge is 0.320 e. The molecular weight excluding hydrogens is 248 g/mol. The fourth-order valence-electron chi connectivity index (χ4n) is 1.51. The van der Waals surface area contributed by atoms with Crippen molar-refractivity contribution in [1.29, 1.82) is 0 Å². The highest BCUT2D eigenvalue weighted by atomic mass is 19.2. The number of amides is 1. The summed E-state index contributed by atoms with van der Waals surface area (Å²) in [5.74, 6) is -2.58. The summed E-state index contributed by atoms with van der Waals surface area (Å²) in [6.07, 6.45) is 2.85. The number of rotatable bonds is 3. The van der Waals surface area contributed by atoms with E-state index in [1.807, 2.05) is 30.3 Å². The molecule has 0 aliphatic rings. The molecule has 0 aromatic heterocycles. The van der Waals surface area contributed by atoms with E-state index in [1.54, 1.807) is 6.08 Å². The van der Waals surface area contributed by atoms with E-state index in [2.05, 4.69) is 5.32 Å². The molecule has 0 bridgehead atoms. The van der Waals surface area contributed by atoms with Crippen molar-refractivity contribution in [3.05, 3.63) is 71.8 Å². The van der Waals surface area contributed by atoms with Crippen LogP contribution in [0, 0.1) is 11.6 Å². The van der Waals surface area contributed by atoms with E-state index in [0.717, 1.165) is 11.6 Å². The van der Waals surface area contributed by atoms with Crippen LogP contribution in [0.4, 0.5) is 14.5 Å². The third kappa shape index (κ3) is 3.48. The number of hydrogen-bond acceptors (Lipinski definition) is 1. The summed E-state index contributed by atoms with van der Waals surface area (Å²) in [5.41, 5.74) is 0.667. The van der Waals surface area contributed by atoms with Crippen LogP contribution in [0.15, 0.2) is 54.6 Å². The molecule has 0 fully saturated rings. The van der Waals surface area contributed by atoms with Gasteiger partial charge in [-0.3, -0.25) is 4.79 Å². The first kappa shape index (κ1) is 13.0. The predicted molar refractivity (Wildman–Crippen MR) is 70.5 cm³/mol. The monoisotopic (exact) mass is 259 g/mol. The molecule has 1 amide bonds. The smallest absolute Gasteiger partial charge is 0.248 e. The summed E-state index contributed by atoms with van der Waals surface area (Å²) in [4.78, 5) is 11.6. The Morgan fingerprint density at radius 2 is 1.74 bits per heavy atom. The Kier molecular flexibility index (Phi) is 4.03. The molecule has 1 N–H and O–H groups in total. The normalized spacial score (nSPS) is 10.6. The molecule has 0 radical (unpaired) electrons. The van der Waals surface area contributed by atoms with Gasteiger partial charge in [-0.25, -0.2) is 8.78 Å². The summed E-state index contributed by atoms with van der Waals surface area (Å²) in [5, 5.41) is 2.28. The van der Waals surface area contributed by atoms with Crippen molar-refractivity contribution in [2.45, 2.75) is 0 Å². The third-order valence-electron chi connectivity index (χ3n) is 2.44. The molecule has 19 heavy (non-hydrogen) atoms. The molecule has 0 aliphatic heterocycles. The van der Waals surface area contributed by atoms with Gasteiger partial charge in [0.05, 0.1) is 5.69 Å². The molecule has 96 valence electrons. The van der Waals surface area contributed by atoms with Crippen LogP contribution in [0.1, 0.15) is 5.56 Å². The van der Waals surface area contributed by atoms with Crippen molar-refractivity contribution < 1.29 is 13.6 Å². The van der Waals surface area contributed by atoms with Crippen molar-refractivity contribution in [1.82, 2.24) is 0 Å². The molecule has 4 heteroatoms. The quantitative estimate of drug-likeness (QED) is 0.838. The first-order valence-electron chi connectivity index (χ1n) is 5.65.